The van der Waals surface area contributed by atoms with Crippen molar-refractivity contribution >= 4 is 40.4 Å². The van der Waals surface area contributed by atoms with E-state index < -0.39 is 12.1 Å². The van der Waals surface area contributed by atoms with Gasteiger partial charge in [-0.1, -0.05) is 30.3 Å². The Hall–Kier alpha value is -3.72. The number of rotatable bonds is 6. The molecule has 1 atom stereocenters. The number of thiazole rings is 1. The second-order valence-corrected chi connectivity index (χ2v) is 7.34. The molecular weight excluding hydrogens is 402 g/mol. The van der Waals surface area contributed by atoms with Crippen molar-refractivity contribution < 1.29 is 14.7 Å². The van der Waals surface area contributed by atoms with E-state index in [0.717, 1.165) is 22.6 Å². The Labute approximate surface area is 177 Å². The number of hydrogen-bond donors (Lipinski definition) is 2. The zero-order chi connectivity index (χ0) is 21.1. The molecule has 0 aliphatic carbocycles. The zero-order valence-electron chi connectivity index (χ0n) is 16.1. The van der Waals surface area contributed by atoms with Gasteiger partial charge in [0, 0.05) is 30.5 Å². The predicted octanol–water partition coefficient (Wildman–Crippen LogP) is 3.34. The highest BCUT2D eigenvalue weighted by atomic mass is 32.1. The molecule has 4 rings (SSSR count). The molecule has 0 saturated heterocycles. The minimum atomic E-state index is -1.10. The number of carboxylic acids is 1. The van der Waals surface area contributed by atoms with Gasteiger partial charge in [0.25, 0.3) is 5.91 Å². The van der Waals surface area contributed by atoms with Crippen LogP contribution in [0.15, 0.2) is 66.4 Å². The molecule has 0 saturated carbocycles. The quantitative estimate of drug-likeness (QED) is 0.630. The lowest BCUT2D eigenvalue weighted by molar-refractivity contribution is -0.129. The summed E-state index contributed by atoms with van der Waals surface area (Å²) >= 11 is 1.02. The van der Waals surface area contributed by atoms with Crippen LogP contribution in [0.3, 0.4) is 0 Å². The van der Waals surface area contributed by atoms with Crippen LogP contribution < -0.4 is 10.2 Å². The third-order valence-electron chi connectivity index (χ3n) is 4.61. The number of aromatic carboxylic acids is 1. The Kier molecular flexibility index (Phi) is 5.44. The van der Waals surface area contributed by atoms with Crippen LogP contribution >= 0.6 is 11.3 Å². The van der Waals surface area contributed by atoms with Crippen molar-refractivity contribution in [2.24, 2.45) is 0 Å². The topological polar surface area (TPSA) is 98.7 Å². The van der Waals surface area contributed by atoms with Crippen LogP contribution in [0.4, 0.5) is 11.5 Å². The summed E-state index contributed by atoms with van der Waals surface area (Å²) in [6, 6.07) is 13.2. The molecule has 152 valence electrons. The SMILES string of the molecule is CCN1C=C(c2ccccc2)N(c2csc(C(=O)O)n2)C(Nc2cccnc2)C1=O. The highest BCUT2D eigenvalue weighted by Gasteiger charge is 2.38. The van der Waals surface area contributed by atoms with Crippen LogP contribution in [0.2, 0.25) is 0 Å². The summed E-state index contributed by atoms with van der Waals surface area (Å²) in [5.41, 5.74) is 2.28. The molecule has 1 aliphatic rings. The first-order valence-corrected chi connectivity index (χ1v) is 10.2. The van der Waals surface area contributed by atoms with Crippen LogP contribution in [0.25, 0.3) is 5.70 Å². The van der Waals surface area contributed by atoms with E-state index in [9.17, 15) is 14.7 Å². The first kappa shape index (κ1) is 19.6. The lowest BCUT2D eigenvalue weighted by atomic mass is 10.1. The Morgan fingerprint density at radius 1 is 1.23 bits per heavy atom. The standard InChI is InChI=1S/C21H19N5O3S/c1-2-25-12-16(14-7-4-3-5-8-14)26(17-13-30-19(24-17)21(28)29)18(20(25)27)23-15-9-6-10-22-11-15/h3-13,18,23H,2H2,1H3,(H,28,29). The van der Waals surface area contributed by atoms with Gasteiger partial charge in [-0.3, -0.25) is 14.7 Å². The van der Waals surface area contributed by atoms with Gasteiger partial charge in [-0.05, 0) is 24.6 Å². The maximum absolute atomic E-state index is 13.3. The molecule has 1 amide bonds. The Morgan fingerprint density at radius 3 is 2.67 bits per heavy atom. The lowest BCUT2D eigenvalue weighted by Crippen LogP contribution is -2.54. The molecule has 3 aromatic rings. The number of benzene rings is 1. The van der Waals surface area contributed by atoms with Gasteiger partial charge >= 0.3 is 5.97 Å². The Bertz CT molecular complexity index is 1080. The predicted molar refractivity (Wildman–Crippen MR) is 115 cm³/mol. The van der Waals surface area contributed by atoms with Gasteiger partial charge in [0.05, 0.1) is 11.4 Å². The van der Waals surface area contributed by atoms with Crippen molar-refractivity contribution in [3.8, 4) is 0 Å². The highest BCUT2D eigenvalue weighted by Crippen LogP contribution is 2.34. The molecule has 0 spiro atoms. The summed E-state index contributed by atoms with van der Waals surface area (Å²) in [5.74, 6) is -0.893. The van der Waals surface area contributed by atoms with Gasteiger partial charge in [0.1, 0.15) is 5.82 Å². The second kappa shape index (κ2) is 8.34. The average molecular weight is 421 g/mol. The second-order valence-electron chi connectivity index (χ2n) is 6.48. The summed E-state index contributed by atoms with van der Waals surface area (Å²) in [6.45, 7) is 2.39. The summed E-state index contributed by atoms with van der Waals surface area (Å²) < 4.78 is 0. The molecule has 30 heavy (non-hydrogen) atoms. The number of amides is 1. The number of carbonyl (C=O) groups is 2. The molecule has 1 unspecified atom stereocenters. The molecule has 0 bridgehead atoms. The summed E-state index contributed by atoms with van der Waals surface area (Å²) in [6.07, 6.45) is 4.24. The van der Waals surface area contributed by atoms with Crippen LogP contribution in [-0.2, 0) is 4.79 Å². The summed E-state index contributed by atoms with van der Waals surface area (Å²) in [5, 5.41) is 14.2. The fraction of sp³-hybridized carbons (Fsp3) is 0.143. The third-order valence-corrected chi connectivity index (χ3v) is 5.43. The summed E-state index contributed by atoms with van der Waals surface area (Å²) in [4.78, 5) is 36.4. The van der Waals surface area contributed by atoms with E-state index >= 15 is 0 Å². The number of carboxylic acid groups (broad SMARTS) is 1. The fourth-order valence-electron chi connectivity index (χ4n) is 3.21. The molecule has 3 heterocycles. The van der Waals surface area contributed by atoms with E-state index in [1.54, 1.807) is 39.8 Å². The number of nitrogens with zero attached hydrogens (tertiary/aromatic N) is 4. The number of nitrogens with one attached hydrogen (secondary N) is 1. The van der Waals surface area contributed by atoms with Crippen LogP contribution in [0.1, 0.15) is 22.3 Å². The maximum atomic E-state index is 13.3. The van der Waals surface area contributed by atoms with E-state index in [1.165, 1.54) is 0 Å². The van der Waals surface area contributed by atoms with Crippen molar-refractivity contribution in [2.75, 3.05) is 16.8 Å². The van der Waals surface area contributed by atoms with Crippen molar-refractivity contribution in [1.29, 1.82) is 0 Å². The van der Waals surface area contributed by atoms with Crippen molar-refractivity contribution in [3.05, 3.63) is 77.0 Å². The number of hydrogen-bond acceptors (Lipinski definition) is 7. The lowest BCUT2D eigenvalue weighted by Gasteiger charge is -2.40. The third kappa shape index (κ3) is 3.74. The van der Waals surface area contributed by atoms with Crippen molar-refractivity contribution in [3.63, 3.8) is 0 Å². The maximum Gasteiger partial charge on any atom is 0.365 e. The zero-order valence-corrected chi connectivity index (χ0v) is 16.9. The minimum Gasteiger partial charge on any atom is -0.476 e. The van der Waals surface area contributed by atoms with E-state index in [0.29, 0.717) is 18.1 Å². The Morgan fingerprint density at radius 2 is 2.03 bits per heavy atom. The van der Waals surface area contributed by atoms with Crippen molar-refractivity contribution in [2.45, 2.75) is 13.1 Å². The highest BCUT2D eigenvalue weighted by molar-refractivity contribution is 7.12. The number of carbonyl (C=O) groups excluding carboxylic acids is 1. The molecule has 2 aromatic heterocycles. The normalized spacial score (nSPS) is 16.4. The van der Waals surface area contributed by atoms with E-state index in [-0.39, 0.29) is 10.9 Å². The van der Waals surface area contributed by atoms with Crippen LogP contribution in [0.5, 0.6) is 0 Å². The first-order valence-electron chi connectivity index (χ1n) is 9.31. The van der Waals surface area contributed by atoms with E-state index in [2.05, 4.69) is 15.3 Å². The largest absolute Gasteiger partial charge is 0.476 e. The number of aromatic nitrogens is 2. The van der Waals surface area contributed by atoms with Crippen molar-refractivity contribution in [1.82, 2.24) is 14.9 Å². The average Bonchev–Trinajstić information content (AvgIpc) is 3.26. The number of anilines is 2. The molecule has 0 fully saturated rings. The number of likely N-dealkylation sites (N-methyl/N-ethyl adjacent to an activating group) is 1. The van der Waals surface area contributed by atoms with Gasteiger partial charge in [0.15, 0.2) is 6.17 Å². The molecule has 2 N–H and O–H groups in total. The van der Waals surface area contributed by atoms with Gasteiger partial charge in [-0.15, -0.1) is 11.3 Å². The van der Waals surface area contributed by atoms with Gasteiger partial charge < -0.3 is 15.3 Å². The van der Waals surface area contributed by atoms with Gasteiger partial charge in [0.2, 0.25) is 5.01 Å². The molecule has 8 nitrogen and oxygen atoms in total. The van der Waals surface area contributed by atoms with Crippen LogP contribution in [0, 0.1) is 0 Å². The monoisotopic (exact) mass is 421 g/mol. The molecule has 9 heteroatoms. The molecule has 0 radical (unpaired) electrons. The molecule has 1 aliphatic heterocycles. The molecule has 1 aromatic carbocycles. The van der Waals surface area contributed by atoms with Gasteiger partial charge in [-0.2, -0.15) is 0 Å². The summed E-state index contributed by atoms with van der Waals surface area (Å²) in [7, 11) is 0. The minimum absolute atomic E-state index is 0.0390. The first-order chi connectivity index (χ1) is 14.6. The Balaban J connectivity index is 1.85. The number of pyridine rings is 1. The fourth-order valence-corrected chi connectivity index (χ4v) is 3.84. The van der Waals surface area contributed by atoms with E-state index in [1.807, 2.05) is 43.3 Å². The smallest absolute Gasteiger partial charge is 0.365 e. The molecular formula is C21H19N5O3S. The van der Waals surface area contributed by atoms with Crippen LogP contribution in [-0.4, -0.2) is 44.6 Å². The van der Waals surface area contributed by atoms with E-state index in [4.69, 9.17) is 0 Å². The van der Waals surface area contributed by atoms with Gasteiger partial charge in [-0.25, -0.2) is 9.78 Å².